The Morgan fingerprint density at radius 1 is 1.20 bits per heavy atom. The highest BCUT2D eigenvalue weighted by molar-refractivity contribution is 7.84. The van der Waals surface area contributed by atoms with Gasteiger partial charge in [-0.2, -0.15) is 0 Å². The minimum absolute atomic E-state index is 0.117. The summed E-state index contributed by atoms with van der Waals surface area (Å²) in [6, 6.07) is 10.2. The summed E-state index contributed by atoms with van der Waals surface area (Å²) in [7, 11) is -1.02. The molecule has 0 aliphatic carbocycles. The van der Waals surface area contributed by atoms with E-state index in [0.717, 1.165) is 5.56 Å². The second-order valence-corrected chi connectivity index (χ2v) is 6.63. The highest BCUT2D eigenvalue weighted by Gasteiger charge is 2.21. The average Bonchev–Trinajstić information content (AvgIpc) is 2.17. The van der Waals surface area contributed by atoms with Gasteiger partial charge in [0.1, 0.15) is 0 Å². The summed E-state index contributed by atoms with van der Waals surface area (Å²) in [5, 5.41) is 0. The summed E-state index contributed by atoms with van der Waals surface area (Å²) in [4.78, 5) is 0. The topological polar surface area (TPSA) is 29.1 Å². The van der Waals surface area contributed by atoms with Gasteiger partial charge >= 0.3 is 0 Å². The lowest BCUT2D eigenvalue weighted by molar-refractivity contribution is 0.616. The zero-order chi connectivity index (χ0) is 11.5. The first-order chi connectivity index (χ1) is 6.91. The van der Waals surface area contributed by atoms with Crippen molar-refractivity contribution in [3.63, 3.8) is 0 Å². The van der Waals surface area contributed by atoms with Gasteiger partial charge in [-0.15, -0.1) is 0 Å². The van der Waals surface area contributed by atoms with Crippen molar-refractivity contribution in [3.8, 4) is 0 Å². The lowest BCUT2D eigenvalue weighted by Crippen LogP contribution is -2.34. The Balaban J connectivity index is 2.65. The first kappa shape index (κ1) is 12.4. The summed E-state index contributed by atoms with van der Waals surface area (Å²) in [5.74, 6) is 0. The van der Waals surface area contributed by atoms with Gasteiger partial charge in [-0.25, -0.2) is 8.93 Å². The standard InChI is InChI=1S/C12H19NOS/c1-10(11-8-6-5-7-9-11)13-15(14)12(2,3)4/h5-10,13H,1-4H3/t10-,15?/m1/s1. The van der Waals surface area contributed by atoms with Gasteiger partial charge in [-0.05, 0) is 33.3 Å². The molecule has 0 heterocycles. The minimum atomic E-state index is -1.02. The van der Waals surface area contributed by atoms with E-state index in [2.05, 4.69) is 4.72 Å². The summed E-state index contributed by atoms with van der Waals surface area (Å²) in [5.41, 5.74) is 1.16. The Hall–Kier alpha value is -0.670. The van der Waals surface area contributed by atoms with Crippen LogP contribution in [0.15, 0.2) is 30.3 Å². The summed E-state index contributed by atoms with van der Waals surface area (Å²) in [6.07, 6.45) is 0. The molecular formula is C12H19NOS. The molecule has 0 bridgehead atoms. The third-order valence-corrected chi connectivity index (χ3v) is 3.82. The molecule has 0 saturated carbocycles. The Morgan fingerprint density at radius 2 is 1.73 bits per heavy atom. The van der Waals surface area contributed by atoms with Crippen LogP contribution in [0.4, 0.5) is 0 Å². The largest absolute Gasteiger partial charge is 0.242 e. The molecule has 0 aliphatic rings. The molecule has 1 rings (SSSR count). The lowest BCUT2D eigenvalue weighted by Gasteiger charge is -2.22. The van der Waals surface area contributed by atoms with Crippen molar-refractivity contribution in [2.45, 2.75) is 38.5 Å². The van der Waals surface area contributed by atoms with Crippen molar-refractivity contribution in [3.05, 3.63) is 35.9 Å². The van der Waals surface area contributed by atoms with Crippen LogP contribution in [0.1, 0.15) is 39.3 Å². The van der Waals surface area contributed by atoms with Gasteiger partial charge in [0.05, 0.1) is 15.7 Å². The van der Waals surface area contributed by atoms with Crippen LogP contribution in [0.25, 0.3) is 0 Å². The second-order valence-electron chi connectivity index (χ2n) is 4.63. The van der Waals surface area contributed by atoms with E-state index in [1.807, 2.05) is 58.0 Å². The zero-order valence-corrected chi connectivity index (χ0v) is 10.6. The first-order valence-corrected chi connectivity index (χ1v) is 6.29. The molecule has 0 spiro atoms. The molecule has 84 valence electrons. The van der Waals surface area contributed by atoms with E-state index in [1.165, 1.54) is 0 Å². The monoisotopic (exact) mass is 225 g/mol. The highest BCUT2D eigenvalue weighted by atomic mass is 32.2. The van der Waals surface area contributed by atoms with E-state index in [1.54, 1.807) is 0 Å². The molecule has 2 atom stereocenters. The van der Waals surface area contributed by atoms with Crippen LogP contribution in [0.3, 0.4) is 0 Å². The predicted octanol–water partition coefficient (Wildman–Crippen LogP) is 2.80. The van der Waals surface area contributed by atoms with Gasteiger partial charge in [-0.1, -0.05) is 30.3 Å². The van der Waals surface area contributed by atoms with E-state index < -0.39 is 11.0 Å². The van der Waals surface area contributed by atoms with E-state index in [-0.39, 0.29) is 10.8 Å². The van der Waals surface area contributed by atoms with Crippen LogP contribution in [0.5, 0.6) is 0 Å². The van der Waals surface area contributed by atoms with E-state index in [0.29, 0.717) is 0 Å². The average molecular weight is 225 g/mol. The third kappa shape index (κ3) is 3.76. The lowest BCUT2D eigenvalue weighted by atomic mass is 10.1. The van der Waals surface area contributed by atoms with E-state index in [9.17, 15) is 4.21 Å². The normalized spacial score (nSPS) is 16.0. The van der Waals surface area contributed by atoms with E-state index in [4.69, 9.17) is 0 Å². The second kappa shape index (κ2) is 4.90. The molecule has 1 unspecified atom stereocenters. The third-order valence-electron chi connectivity index (χ3n) is 2.14. The fraction of sp³-hybridized carbons (Fsp3) is 0.500. The fourth-order valence-corrected chi connectivity index (χ4v) is 1.96. The maximum atomic E-state index is 11.8. The van der Waals surface area contributed by atoms with Crippen molar-refractivity contribution in [2.75, 3.05) is 0 Å². The van der Waals surface area contributed by atoms with Crippen molar-refractivity contribution in [1.29, 1.82) is 0 Å². The fourth-order valence-electron chi connectivity index (χ4n) is 1.15. The predicted molar refractivity (Wildman–Crippen MR) is 65.9 cm³/mol. The molecule has 1 N–H and O–H groups in total. The van der Waals surface area contributed by atoms with Crippen molar-refractivity contribution >= 4 is 11.0 Å². The first-order valence-electron chi connectivity index (χ1n) is 5.14. The number of hydrogen-bond donors (Lipinski definition) is 1. The molecule has 0 saturated heterocycles. The Bertz CT molecular complexity index is 329. The van der Waals surface area contributed by atoms with Crippen LogP contribution in [0.2, 0.25) is 0 Å². The molecule has 0 amide bonds. The molecular weight excluding hydrogens is 206 g/mol. The van der Waals surface area contributed by atoms with Crippen molar-refractivity contribution in [2.24, 2.45) is 0 Å². The Kier molecular flexibility index (Phi) is 4.05. The Labute approximate surface area is 94.7 Å². The molecule has 3 heteroatoms. The quantitative estimate of drug-likeness (QED) is 0.842. The summed E-state index contributed by atoms with van der Waals surface area (Å²) < 4.78 is 14.7. The zero-order valence-electron chi connectivity index (χ0n) is 9.78. The number of hydrogen-bond acceptors (Lipinski definition) is 1. The molecule has 0 radical (unpaired) electrons. The van der Waals surface area contributed by atoms with Gasteiger partial charge in [0, 0.05) is 6.04 Å². The number of benzene rings is 1. The molecule has 1 aromatic rings. The SMILES string of the molecule is C[C@@H](NS(=O)C(C)(C)C)c1ccccc1. The number of rotatable bonds is 3. The highest BCUT2D eigenvalue weighted by Crippen LogP contribution is 2.16. The molecule has 1 aromatic carbocycles. The number of nitrogens with one attached hydrogen (secondary N) is 1. The molecule has 15 heavy (non-hydrogen) atoms. The van der Waals surface area contributed by atoms with Gasteiger partial charge < -0.3 is 0 Å². The van der Waals surface area contributed by atoms with Crippen molar-refractivity contribution < 1.29 is 4.21 Å². The minimum Gasteiger partial charge on any atom is -0.242 e. The van der Waals surface area contributed by atoms with E-state index >= 15 is 0 Å². The van der Waals surface area contributed by atoms with Gasteiger partial charge in [0.2, 0.25) is 0 Å². The maximum Gasteiger partial charge on any atom is 0.0975 e. The van der Waals surface area contributed by atoms with Gasteiger partial charge in [0.15, 0.2) is 0 Å². The Morgan fingerprint density at radius 3 is 2.20 bits per heavy atom. The van der Waals surface area contributed by atoms with Crippen LogP contribution in [-0.4, -0.2) is 8.96 Å². The van der Waals surface area contributed by atoms with Crippen LogP contribution in [0, 0.1) is 0 Å². The molecule has 0 aliphatic heterocycles. The van der Waals surface area contributed by atoms with Crippen LogP contribution >= 0.6 is 0 Å². The van der Waals surface area contributed by atoms with Gasteiger partial charge in [-0.3, -0.25) is 0 Å². The molecule has 2 nitrogen and oxygen atoms in total. The maximum absolute atomic E-state index is 11.8. The summed E-state index contributed by atoms with van der Waals surface area (Å²) in [6.45, 7) is 7.93. The molecule has 0 aromatic heterocycles. The van der Waals surface area contributed by atoms with Crippen LogP contribution in [-0.2, 0) is 11.0 Å². The van der Waals surface area contributed by atoms with Crippen molar-refractivity contribution in [1.82, 2.24) is 4.72 Å². The smallest absolute Gasteiger partial charge is 0.0975 e. The summed E-state index contributed by atoms with van der Waals surface area (Å²) >= 11 is 0. The molecule has 0 fully saturated rings. The van der Waals surface area contributed by atoms with Crippen LogP contribution < -0.4 is 4.72 Å². The van der Waals surface area contributed by atoms with Gasteiger partial charge in [0.25, 0.3) is 0 Å².